The van der Waals surface area contributed by atoms with Crippen molar-refractivity contribution in [3.05, 3.63) is 40.8 Å². The highest BCUT2D eigenvalue weighted by Gasteiger charge is 2.45. The van der Waals surface area contributed by atoms with Gasteiger partial charge in [0.05, 0.1) is 18.2 Å². The lowest BCUT2D eigenvalue weighted by atomic mass is 9.97. The second-order valence-electron chi connectivity index (χ2n) is 6.15. The number of ether oxygens (including phenoxy) is 1. The summed E-state index contributed by atoms with van der Waals surface area (Å²) in [7, 11) is 0. The predicted octanol–water partition coefficient (Wildman–Crippen LogP) is 2.38. The summed E-state index contributed by atoms with van der Waals surface area (Å²) in [6.07, 6.45) is 5.68. The summed E-state index contributed by atoms with van der Waals surface area (Å²) in [6.45, 7) is 3.93. The van der Waals surface area contributed by atoms with Crippen LogP contribution in [0.3, 0.4) is 0 Å². The molecule has 0 unspecified atom stereocenters. The highest BCUT2D eigenvalue weighted by molar-refractivity contribution is 7.09. The van der Waals surface area contributed by atoms with Crippen molar-refractivity contribution in [3.8, 4) is 0 Å². The fourth-order valence-corrected chi connectivity index (χ4v) is 4.21. The zero-order chi connectivity index (χ0) is 14.8. The molecule has 2 saturated heterocycles. The predicted molar refractivity (Wildman–Crippen MR) is 87.0 cm³/mol. The zero-order valence-electron chi connectivity index (χ0n) is 12.4. The average molecular weight is 316 g/mol. The van der Waals surface area contributed by atoms with Gasteiger partial charge in [-0.05, 0) is 23.9 Å². The van der Waals surface area contributed by atoms with E-state index in [1.807, 2.05) is 17.4 Å². The summed E-state index contributed by atoms with van der Waals surface area (Å²) >= 11 is 1.83. The van der Waals surface area contributed by atoms with Gasteiger partial charge in [-0.25, -0.2) is 9.97 Å². The molecule has 1 spiro atoms. The van der Waals surface area contributed by atoms with Crippen molar-refractivity contribution in [2.45, 2.75) is 31.0 Å². The fourth-order valence-electron chi connectivity index (χ4n) is 3.46. The van der Waals surface area contributed by atoms with Crippen molar-refractivity contribution in [2.75, 3.05) is 25.0 Å². The minimum atomic E-state index is 0.0176. The Bertz CT molecular complexity index is 606. The van der Waals surface area contributed by atoms with Gasteiger partial charge in [-0.1, -0.05) is 6.07 Å². The highest BCUT2D eigenvalue weighted by Crippen LogP contribution is 2.36. The van der Waals surface area contributed by atoms with E-state index >= 15 is 0 Å². The van der Waals surface area contributed by atoms with E-state index in [4.69, 9.17) is 4.74 Å². The Kier molecular flexibility index (Phi) is 3.82. The standard InChI is InChI=1S/C16H20N4OS/c1-3-14(22-8-1)10-20-7-4-16(12-20)9-13(11-21-16)19-15-17-5-2-6-18-15/h1-3,5-6,8,13H,4,7,9-12H2,(H,17,18,19)/t13-,16+/m0/s1. The first-order valence-corrected chi connectivity index (χ1v) is 8.62. The van der Waals surface area contributed by atoms with Crippen LogP contribution in [0.25, 0.3) is 0 Å². The van der Waals surface area contributed by atoms with Gasteiger partial charge in [-0.15, -0.1) is 11.3 Å². The first-order valence-electron chi connectivity index (χ1n) is 7.74. The van der Waals surface area contributed by atoms with Crippen LogP contribution in [0.5, 0.6) is 0 Å². The number of nitrogens with zero attached hydrogens (tertiary/aromatic N) is 3. The van der Waals surface area contributed by atoms with Gasteiger partial charge in [-0.2, -0.15) is 0 Å². The maximum absolute atomic E-state index is 6.18. The Morgan fingerprint density at radius 2 is 2.27 bits per heavy atom. The molecule has 2 aliphatic heterocycles. The Balaban J connectivity index is 1.34. The van der Waals surface area contributed by atoms with Crippen LogP contribution in [0, 0.1) is 0 Å². The number of aromatic nitrogens is 2. The molecular weight excluding hydrogens is 296 g/mol. The van der Waals surface area contributed by atoms with Gasteiger partial charge in [0.15, 0.2) is 0 Å². The summed E-state index contributed by atoms with van der Waals surface area (Å²) in [4.78, 5) is 12.4. The maximum atomic E-state index is 6.18. The van der Waals surface area contributed by atoms with Gasteiger partial charge in [0, 0.05) is 43.3 Å². The third-order valence-electron chi connectivity index (χ3n) is 4.46. The molecule has 6 heteroatoms. The van der Waals surface area contributed by atoms with Gasteiger partial charge in [0.1, 0.15) is 0 Å². The van der Waals surface area contributed by atoms with Crippen LogP contribution < -0.4 is 5.32 Å². The molecule has 1 N–H and O–H groups in total. The lowest BCUT2D eigenvalue weighted by molar-refractivity contribution is 0.0120. The van der Waals surface area contributed by atoms with Crippen molar-refractivity contribution in [2.24, 2.45) is 0 Å². The van der Waals surface area contributed by atoms with Crippen LogP contribution in [0.2, 0.25) is 0 Å². The van der Waals surface area contributed by atoms with E-state index in [0.717, 1.165) is 39.1 Å². The Morgan fingerprint density at radius 3 is 3.09 bits per heavy atom. The minimum absolute atomic E-state index is 0.0176. The molecule has 0 amide bonds. The molecule has 0 saturated carbocycles. The zero-order valence-corrected chi connectivity index (χ0v) is 13.3. The van der Waals surface area contributed by atoms with E-state index in [1.165, 1.54) is 4.88 Å². The molecule has 2 fully saturated rings. The van der Waals surface area contributed by atoms with Crippen LogP contribution in [-0.4, -0.2) is 46.2 Å². The van der Waals surface area contributed by atoms with E-state index in [0.29, 0.717) is 12.0 Å². The number of likely N-dealkylation sites (tertiary alicyclic amines) is 1. The molecule has 0 bridgehead atoms. The van der Waals surface area contributed by atoms with Gasteiger partial charge in [0.25, 0.3) is 0 Å². The average Bonchev–Trinajstić information content (AvgIpc) is 3.25. The summed E-state index contributed by atoms with van der Waals surface area (Å²) in [5.41, 5.74) is 0.0176. The van der Waals surface area contributed by atoms with E-state index in [-0.39, 0.29) is 5.60 Å². The number of rotatable bonds is 4. The lowest BCUT2D eigenvalue weighted by Gasteiger charge is -2.23. The second-order valence-corrected chi connectivity index (χ2v) is 7.18. The van der Waals surface area contributed by atoms with Crippen molar-refractivity contribution >= 4 is 17.3 Å². The van der Waals surface area contributed by atoms with Gasteiger partial charge in [0.2, 0.25) is 5.95 Å². The molecule has 5 nitrogen and oxygen atoms in total. The van der Waals surface area contributed by atoms with Gasteiger partial charge >= 0.3 is 0 Å². The summed E-state index contributed by atoms with van der Waals surface area (Å²) in [5.74, 6) is 0.696. The molecule has 0 aromatic carbocycles. The van der Waals surface area contributed by atoms with Gasteiger partial charge < -0.3 is 10.1 Å². The van der Waals surface area contributed by atoms with Gasteiger partial charge in [-0.3, -0.25) is 4.90 Å². The van der Waals surface area contributed by atoms with Crippen molar-refractivity contribution in [3.63, 3.8) is 0 Å². The molecule has 2 aromatic heterocycles. The minimum Gasteiger partial charge on any atom is -0.371 e. The molecule has 22 heavy (non-hydrogen) atoms. The molecule has 2 aromatic rings. The van der Waals surface area contributed by atoms with Crippen molar-refractivity contribution in [1.29, 1.82) is 0 Å². The number of hydrogen-bond donors (Lipinski definition) is 1. The van der Waals surface area contributed by atoms with Crippen LogP contribution in [0.1, 0.15) is 17.7 Å². The Morgan fingerprint density at radius 1 is 1.36 bits per heavy atom. The number of thiophene rings is 1. The molecule has 2 aliphatic rings. The Labute approximate surface area is 134 Å². The lowest BCUT2D eigenvalue weighted by Crippen LogP contribution is -2.33. The summed E-state index contributed by atoms with van der Waals surface area (Å²) in [6, 6.07) is 6.47. The van der Waals surface area contributed by atoms with Crippen LogP contribution in [0.4, 0.5) is 5.95 Å². The quantitative estimate of drug-likeness (QED) is 0.938. The summed E-state index contributed by atoms with van der Waals surface area (Å²) < 4.78 is 6.18. The SMILES string of the molecule is c1cnc(N[C@@H]2CO[C@]3(CCN(Cc4cccs4)C3)C2)nc1. The third-order valence-corrected chi connectivity index (χ3v) is 5.32. The molecule has 4 heterocycles. The van der Waals surface area contributed by atoms with E-state index in [9.17, 15) is 0 Å². The fraction of sp³-hybridized carbons (Fsp3) is 0.500. The molecular formula is C16H20N4OS. The first kappa shape index (κ1) is 14.1. The van der Waals surface area contributed by atoms with E-state index in [1.54, 1.807) is 12.4 Å². The highest BCUT2D eigenvalue weighted by atomic mass is 32.1. The van der Waals surface area contributed by atoms with E-state index < -0.39 is 0 Å². The van der Waals surface area contributed by atoms with Crippen molar-refractivity contribution < 1.29 is 4.74 Å². The molecule has 0 radical (unpaired) electrons. The third kappa shape index (κ3) is 2.99. The number of anilines is 1. The maximum Gasteiger partial charge on any atom is 0.222 e. The van der Waals surface area contributed by atoms with Crippen LogP contribution in [-0.2, 0) is 11.3 Å². The Hall–Kier alpha value is -1.50. The molecule has 2 atom stereocenters. The van der Waals surface area contributed by atoms with Crippen molar-refractivity contribution in [1.82, 2.24) is 14.9 Å². The normalized spacial score (nSPS) is 28.5. The van der Waals surface area contributed by atoms with Crippen LogP contribution >= 0.6 is 11.3 Å². The van der Waals surface area contributed by atoms with E-state index in [2.05, 4.69) is 37.7 Å². The molecule has 4 rings (SSSR count). The largest absolute Gasteiger partial charge is 0.371 e. The number of nitrogens with one attached hydrogen (secondary N) is 1. The molecule has 0 aliphatic carbocycles. The number of hydrogen-bond acceptors (Lipinski definition) is 6. The second kappa shape index (κ2) is 5.95. The molecule has 116 valence electrons. The smallest absolute Gasteiger partial charge is 0.222 e. The monoisotopic (exact) mass is 316 g/mol. The summed E-state index contributed by atoms with van der Waals surface area (Å²) in [5, 5.41) is 5.53. The van der Waals surface area contributed by atoms with Crippen LogP contribution in [0.15, 0.2) is 36.0 Å². The first-order chi connectivity index (χ1) is 10.8. The topological polar surface area (TPSA) is 50.3 Å².